The summed E-state index contributed by atoms with van der Waals surface area (Å²) in [6.07, 6.45) is -7.22. The molecule has 0 spiro atoms. The Balaban J connectivity index is 3.53. The molecule has 132 valence electrons. The number of methoxy groups -OCH3 is 1. The molecular formula is C11H7F9O3. The Morgan fingerprint density at radius 1 is 1.00 bits per heavy atom. The van der Waals surface area contributed by atoms with Crippen LogP contribution < -0.4 is 0 Å². The number of carbonyl (C=O) groups is 1. The van der Waals surface area contributed by atoms with Gasteiger partial charge in [-0.15, -0.1) is 0 Å². The maximum absolute atomic E-state index is 13.8. The van der Waals surface area contributed by atoms with Crippen molar-refractivity contribution in [2.45, 2.75) is 29.5 Å². The van der Waals surface area contributed by atoms with Crippen molar-refractivity contribution in [1.29, 1.82) is 0 Å². The molecule has 0 radical (unpaired) electrons. The molecule has 23 heavy (non-hydrogen) atoms. The summed E-state index contributed by atoms with van der Waals surface area (Å²) in [4.78, 5) is 10.9. The summed E-state index contributed by atoms with van der Waals surface area (Å²) in [5.41, 5.74) is -4.39. The van der Waals surface area contributed by atoms with Crippen LogP contribution in [0.5, 0.6) is 0 Å². The topological polar surface area (TPSA) is 46.5 Å². The molecule has 1 atom stereocenters. The van der Waals surface area contributed by atoms with E-state index in [0.29, 0.717) is 7.11 Å². The largest absolute Gasteiger partial charge is 0.497 e. The van der Waals surface area contributed by atoms with E-state index in [1.807, 2.05) is 0 Å². The van der Waals surface area contributed by atoms with E-state index in [1.165, 1.54) is 0 Å². The van der Waals surface area contributed by atoms with Crippen LogP contribution in [-0.4, -0.2) is 47.5 Å². The molecule has 0 aromatic carbocycles. The summed E-state index contributed by atoms with van der Waals surface area (Å²) in [5, 5.41) is 9.58. The summed E-state index contributed by atoms with van der Waals surface area (Å²) < 4.78 is 120. The standard InChI is InChI=1S/C11H7F9O3/c1-23-6-4-5(21)2-3-7(6,22)8(12,13)9(14,15)10(16,17)11(18,19)20/h2-4,22H,1H3. The molecule has 3 nitrogen and oxygen atoms in total. The number of hydrogen-bond acceptors (Lipinski definition) is 3. The van der Waals surface area contributed by atoms with Crippen molar-refractivity contribution in [1.82, 2.24) is 0 Å². The molecule has 1 rings (SSSR count). The van der Waals surface area contributed by atoms with Gasteiger partial charge in [-0.05, 0) is 12.2 Å². The third-order valence-corrected chi connectivity index (χ3v) is 2.98. The van der Waals surface area contributed by atoms with Gasteiger partial charge in [-0.1, -0.05) is 0 Å². The van der Waals surface area contributed by atoms with Crippen molar-refractivity contribution < 1.29 is 54.2 Å². The van der Waals surface area contributed by atoms with Crippen molar-refractivity contribution >= 4 is 5.78 Å². The van der Waals surface area contributed by atoms with Gasteiger partial charge in [0.05, 0.1) is 7.11 Å². The van der Waals surface area contributed by atoms with E-state index >= 15 is 0 Å². The minimum Gasteiger partial charge on any atom is -0.497 e. The number of rotatable bonds is 4. The fourth-order valence-electron chi connectivity index (χ4n) is 1.66. The molecule has 0 fully saturated rings. The number of ketones is 1. The molecule has 1 aliphatic rings. The van der Waals surface area contributed by atoms with Gasteiger partial charge >= 0.3 is 23.9 Å². The van der Waals surface area contributed by atoms with Crippen LogP contribution in [0.2, 0.25) is 0 Å². The fourth-order valence-corrected chi connectivity index (χ4v) is 1.66. The second-order valence-electron chi connectivity index (χ2n) is 4.44. The molecule has 1 N–H and O–H groups in total. The summed E-state index contributed by atoms with van der Waals surface area (Å²) in [7, 11) is 0.513. The van der Waals surface area contributed by atoms with E-state index in [9.17, 15) is 49.4 Å². The van der Waals surface area contributed by atoms with E-state index < -0.39 is 41.1 Å². The molecule has 1 aliphatic carbocycles. The van der Waals surface area contributed by atoms with Crippen molar-refractivity contribution in [2.75, 3.05) is 7.11 Å². The molecule has 0 amide bonds. The number of allylic oxidation sites excluding steroid dienone is 2. The van der Waals surface area contributed by atoms with Gasteiger partial charge < -0.3 is 9.84 Å². The van der Waals surface area contributed by atoms with Crippen LogP contribution in [0, 0.1) is 0 Å². The van der Waals surface area contributed by atoms with Crippen molar-refractivity contribution in [3.8, 4) is 0 Å². The highest BCUT2D eigenvalue weighted by atomic mass is 19.4. The second-order valence-corrected chi connectivity index (χ2v) is 4.44. The minimum absolute atomic E-state index is 0.0513. The number of hydrogen-bond donors (Lipinski definition) is 1. The highest BCUT2D eigenvalue weighted by Gasteiger charge is 2.86. The third-order valence-electron chi connectivity index (χ3n) is 2.98. The lowest BCUT2D eigenvalue weighted by molar-refractivity contribution is -0.411. The predicted octanol–water partition coefficient (Wildman–Crippen LogP) is 2.85. The lowest BCUT2D eigenvalue weighted by atomic mass is 9.82. The summed E-state index contributed by atoms with van der Waals surface area (Å²) in [5.74, 6) is -23.4. The molecule has 12 heteroatoms. The molecule has 0 bridgehead atoms. The first kappa shape index (κ1) is 19.3. The van der Waals surface area contributed by atoms with Gasteiger partial charge in [-0.3, -0.25) is 4.79 Å². The number of carbonyl (C=O) groups excluding carboxylic acids is 1. The number of halogens is 9. The first-order valence-corrected chi connectivity index (χ1v) is 5.48. The van der Waals surface area contributed by atoms with Crippen LogP contribution in [0.15, 0.2) is 24.0 Å². The maximum atomic E-state index is 13.8. The lowest BCUT2D eigenvalue weighted by Crippen LogP contribution is -2.69. The number of alkyl halides is 9. The van der Waals surface area contributed by atoms with Crippen molar-refractivity contribution in [3.63, 3.8) is 0 Å². The van der Waals surface area contributed by atoms with E-state index in [2.05, 4.69) is 4.74 Å². The zero-order chi connectivity index (χ0) is 18.5. The van der Waals surface area contributed by atoms with Crippen LogP contribution in [0.1, 0.15) is 0 Å². The zero-order valence-corrected chi connectivity index (χ0v) is 10.9. The average molecular weight is 358 g/mol. The van der Waals surface area contributed by atoms with E-state index in [0.717, 1.165) is 0 Å². The van der Waals surface area contributed by atoms with Gasteiger partial charge in [0, 0.05) is 6.08 Å². The summed E-state index contributed by atoms with van der Waals surface area (Å²) >= 11 is 0. The highest BCUT2D eigenvalue weighted by Crippen LogP contribution is 2.57. The van der Waals surface area contributed by atoms with Crippen LogP contribution in [0.4, 0.5) is 39.5 Å². The van der Waals surface area contributed by atoms with Crippen LogP contribution in [0.3, 0.4) is 0 Å². The van der Waals surface area contributed by atoms with Gasteiger partial charge in [-0.25, -0.2) is 0 Å². The Bertz CT molecular complexity index is 562. The molecule has 0 saturated heterocycles. The minimum atomic E-state index is -7.17. The monoisotopic (exact) mass is 358 g/mol. The smallest absolute Gasteiger partial charge is 0.460 e. The lowest BCUT2D eigenvalue weighted by Gasteiger charge is -2.41. The van der Waals surface area contributed by atoms with Crippen molar-refractivity contribution in [2.24, 2.45) is 0 Å². The fraction of sp³-hybridized carbons (Fsp3) is 0.545. The normalized spacial score (nSPS) is 23.8. The van der Waals surface area contributed by atoms with Crippen molar-refractivity contribution in [3.05, 3.63) is 24.0 Å². The molecule has 0 aromatic rings. The highest BCUT2D eigenvalue weighted by molar-refractivity contribution is 6.01. The molecule has 1 unspecified atom stereocenters. The van der Waals surface area contributed by atoms with Gasteiger partial charge in [-0.2, -0.15) is 39.5 Å². The maximum Gasteiger partial charge on any atom is 0.460 e. The quantitative estimate of drug-likeness (QED) is 0.787. The molecule has 0 aromatic heterocycles. The number of ether oxygens (including phenoxy) is 1. The second kappa shape index (κ2) is 5.14. The van der Waals surface area contributed by atoms with Gasteiger partial charge in [0.1, 0.15) is 5.76 Å². The summed E-state index contributed by atoms with van der Waals surface area (Å²) in [6.45, 7) is 0. The van der Waals surface area contributed by atoms with E-state index in [4.69, 9.17) is 0 Å². The van der Waals surface area contributed by atoms with Crippen LogP contribution >= 0.6 is 0 Å². The Labute approximate surface area is 122 Å². The first-order valence-electron chi connectivity index (χ1n) is 5.48. The van der Waals surface area contributed by atoms with E-state index in [-0.39, 0.29) is 18.2 Å². The van der Waals surface area contributed by atoms with Gasteiger partial charge in [0.25, 0.3) is 0 Å². The molecule has 0 aliphatic heterocycles. The van der Waals surface area contributed by atoms with Gasteiger partial charge in [0.2, 0.25) is 5.60 Å². The Morgan fingerprint density at radius 3 is 1.87 bits per heavy atom. The molecular weight excluding hydrogens is 351 g/mol. The molecule has 0 saturated carbocycles. The third kappa shape index (κ3) is 2.48. The SMILES string of the molecule is COC1=CC(=O)C=CC1(O)C(F)(F)C(F)(F)C(F)(F)C(F)(F)F. The van der Waals surface area contributed by atoms with E-state index in [1.54, 1.807) is 0 Å². The van der Waals surface area contributed by atoms with Crippen LogP contribution in [0.25, 0.3) is 0 Å². The number of aliphatic hydroxyl groups is 1. The zero-order valence-electron chi connectivity index (χ0n) is 10.9. The Hall–Kier alpha value is -1.72. The van der Waals surface area contributed by atoms with Crippen LogP contribution in [-0.2, 0) is 9.53 Å². The first-order chi connectivity index (χ1) is 10.1. The Kier molecular flexibility index (Phi) is 4.32. The Morgan fingerprint density at radius 2 is 1.48 bits per heavy atom. The van der Waals surface area contributed by atoms with Gasteiger partial charge in [0.15, 0.2) is 5.78 Å². The predicted molar refractivity (Wildman–Crippen MR) is 55.1 cm³/mol. The summed E-state index contributed by atoms with van der Waals surface area (Å²) in [6, 6.07) is 0. The average Bonchev–Trinajstić information content (AvgIpc) is 2.39. The molecule has 0 heterocycles.